The number of hydrogen-bond acceptors (Lipinski definition) is 5. The summed E-state index contributed by atoms with van der Waals surface area (Å²) in [6.07, 6.45) is 5.61. The Morgan fingerprint density at radius 1 is 1.40 bits per heavy atom. The number of aromatic nitrogens is 1. The first-order chi connectivity index (χ1) is 11.2. The highest BCUT2D eigenvalue weighted by molar-refractivity contribution is 7.13. The lowest BCUT2D eigenvalue weighted by Gasteiger charge is -2.41. The molecule has 1 aromatic rings. The van der Waals surface area contributed by atoms with Crippen molar-refractivity contribution >= 4 is 48.0 Å². The van der Waals surface area contributed by atoms with Crippen molar-refractivity contribution < 1.29 is 9.59 Å². The summed E-state index contributed by atoms with van der Waals surface area (Å²) in [4.78, 5) is 33.7. The summed E-state index contributed by atoms with van der Waals surface area (Å²) in [7, 11) is 0. The summed E-state index contributed by atoms with van der Waals surface area (Å²) in [5.41, 5.74) is 0. The summed E-state index contributed by atoms with van der Waals surface area (Å²) in [5, 5.41) is 4.13. The third-order valence-corrected chi connectivity index (χ3v) is 5.52. The number of thiazole rings is 1. The number of amides is 2. The second-order valence-corrected chi connectivity index (χ2v) is 7.29. The second-order valence-electron chi connectivity index (χ2n) is 6.18. The van der Waals surface area contributed by atoms with Crippen LogP contribution < -0.4 is 5.32 Å². The molecule has 3 rings (SSSR count). The highest BCUT2D eigenvalue weighted by Crippen LogP contribution is 2.22. The van der Waals surface area contributed by atoms with Crippen molar-refractivity contribution in [2.45, 2.75) is 38.6 Å². The van der Waals surface area contributed by atoms with Crippen LogP contribution in [-0.4, -0.2) is 65.4 Å². The molecule has 1 N–H and O–H groups in total. The number of carbonyl (C=O) groups is 2. The molecule has 1 unspecified atom stereocenters. The molecule has 3 heterocycles. The quantitative estimate of drug-likeness (QED) is 0.826. The number of carbonyl (C=O) groups excluding carboxylic acids is 2. The Morgan fingerprint density at radius 2 is 2.20 bits per heavy atom. The van der Waals surface area contributed by atoms with Gasteiger partial charge in [0.15, 0.2) is 0 Å². The first-order valence-corrected chi connectivity index (χ1v) is 9.25. The van der Waals surface area contributed by atoms with Gasteiger partial charge in [0.05, 0.1) is 17.7 Å². The minimum atomic E-state index is 0. The number of piperidine rings is 1. The Hall–Kier alpha value is -0.890. The molecule has 25 heavy (non-hydrogen) atoms. The van der Waals surface area contributed by atoms with E-state index in [-0.39, 0.29) is 42.7 Å². The van der Waals surface area contributed by atoms with Crippen LogP contribution in [0.25, 0.3) is 0 Å². The first kappa shape index (κ1) is 22.2. The zero-order valence-corrected chi connectivity index (χ0v) is 16.9. The predicted octanol–water partition coefficient (Wildman–Crippen LogP) is 1.98. The van der Waals surface area contributed by atoms with Gasteiger partial charge in [0.25, 0.3) is 5.91 Å². The van der Waals surface area contributed by atoms with Crippen molar-refractivity contribution in [3.63, 3.8) is 0 Å². The fourth-order valence-electron chi connectivity index (χ4n) is 3.30. The van der Waals surface area contributed by atoms with Gasteiger partial charge in [0.1, 0.15) is 4.88 Å². The van der Waals surface area contributed by atoms with Crippen LogP contribution in [-0.2, 0) is 11.2 Å². The number of piperazine rings is 1. The molecule has 2 aliphatic rings. The van der Waals surface area contributed by atoms with Gasteiger partial charge in [0, 0.05) is 32.2 Å². The highest BCUT2D eigenvalue weighted by Gasteiger charge is 2.32. The predicted molar refractivity (Wildman–Crippen MR) is 104 cm³/mol. The van der Waals surface area contributed by atoms with Gasteiger partial charge >= 0.3 is 0 Å². The van der Waals surface area contributed by atoms with E-state index in [4.69, 9.17) is 0 Å². The maximum Gasteiger partial charge on any atom is 0.265 e. The molecule has 2 aliphatic heterocycles. The van der Waals surface area contributed by atoms with Crippen LogP contribution in [0.2, 0.25) is 0 Å². The Bertz CT molecular complexity index is 584. The topological polar surface area (TPSA) is 65.5 Å². The number of likely N-dealkylation sites (tertiary alicyclic amines) is 1. The molecule has 0 aliphatic carbocycles. The molecule has 0 bridgehead atoms. The minimum absolute atomic E-state index is 0. The number of halogens is 2. The molecule has 0 aromatic carbocycles. The van der Waals surface area contributed by atoms with Crippen LogP contribution in [0.5, 0.6) is 0 Å². The molecule has 0 radical (unpaired) electrons. The number of rotatable bonds is 4. The van der Waals surface area contributed by atoms with E-state index in [1.54, 1.807) is 6.20 Å². The monoisotopic (exact) mass is 408 g/mol. The molecular weight excluding hydrogens is 383 g/mol. The van der Waals surface area contributed by atoms with E-state index in [1.807, 2.05) is 9.80 Å². The van der Waals surface area contributed by atoms with Crippen molar-refractivity contribution in [1.29, 1.82) is 0 Å². The van der Waals surface area contributed by atoms with Gasteiger partial charge in [-0.25, -0.2) is 4.98 Å². The Balaban J connectivity index is 0.00000156. The van der Waals surface area contributed by atoms with Crippen molar-refractivity contribution in [3.05, 3.63) is 16.1 Å². The fourth-order valence-corrected chi connectivity index (χ4v) is 4.28. The van der Waals surface area contributed by atoms with Crippen LogP contribution in [0.15, 0.2) is 6.20 Å². The summed E-state index contributed by atoms with van der Waals surface area (Å²) in [5.74, 6) is 0.218. The van der Waals surface area contributed by atoms with Gasteiger partial charge in [-0.15, -0.1) is 36.2 Å². The van der Waals surface area contributed by atoms with E-state index in [1.165, 1.54) is 11.3 Å². The van der Waals surface area contributed by atoms with Crippen LogP contribution in [0, 0.1) is 0 Å². The Labute approximate surface area is 165 Å². The van der Waals surface area contributed by atoms with Crippen LogP contribution in [0.4, 0.5) is 0 Å². The van der Waals surface area contributed by atoms with Gasteiger partial charge in [-0.1, -0.05) is 6.92 Å². The number of aryl methyl sites for hydroxylation is 1. The van der Waals surface area contributed by atoms with Crippen LogP contribution >= 0.6 is 36.2 Å². The zero-order chi connectivity index (χ0) is 16.2. The molecule has 9 heteroatoms. The lowest BCUT2D eigenvalue weighted by atomic mass is 10.0. The Morgan fingerprint density at radius 3 is 2.92 bits per heavy atom. The molecular formula is C16H26Cl2N4O2S. The molecule has 0 spiro atoms. The molecule has 142 valence electrons. The zero-order valence-electron chi connectivity index (χ0n) is 14.4. The molecule has 2 fully saturated rings. The first-order valence-electron chi connectivity index (χ1n) is 8.43. The smallest absolute Gasteiger partial charge is 0.265 e. The minimum Gasteiger partial charge on any atom is -0.336 e. The number of hydrogen-bond donors (Lipinski definition) is 1. The van der Waals surface area contributed by atoms with Crippen molar-refractivity contribution in [2.24, 2.45) is 0 Å². The van der Waals surface area contributed by atoms with E-state index < -0.39 is 0 Å². The van der Waals surface area contributed by atoms with E-state index >= 15 is 0 Å². The maximum atomic E-state index is 12.7. The third kappa shape index (κ3) is 5.29. The van der Waals surface area contributed by atoms with E-state index in [9.17, 15) is 9.59 Å². The van der Waals surface area contributed by atoms with Crippen LogP contribution in [0.3, 0.4) is 0 Å². The van der Waals surface area contributed by atoms with Crippen molar-refractivity contribution in [3.8, 4) is 0 Å². The fraction of sp³-hybridized carbons (Fsp3) is 0.688. The molecule has 2 amide bonds. The SMILES string of the molecule is CCCc1ncc(C(=O)N2CCCC(N3CCNCC3=O)C2)s1.Cl.Cl. The number of nitrogens with zero attached hydrogens (tertiary/aromatic N) is 3. The summed E-state index contributed by atoms with van der Waals surface area (Å²) in [6.45, 7) is 5.53. The summed E-state index contributed by atoms with van der Waals surface area (Å²) < 4.78 is 0. The molecule has 6 nitrogen and oxygen atoms in total. The highest BCUT2D eigenvalue weighted by atomic mass is 35.5. The molecule has 1 atom stereocenters. The number of nitrogens with one attached hydrogen (secondary N) is 1. The standard InChI is InChI=1S/C16H24N4O2S.2ClH/c1-2-4-14-18-9-13(23-14)16(22)19-7-3-5-12(11-19)20-8-6-17-10-15(20)21;;/h9,12,17H,2-8,10-11H2,1H3;2*1H. The lowest BCUT2D eigenvalue weighted by Crippen LogP contribution is -2.57. The normalized spacial score (nSPS) is 20.7. The van der Waals surface area contributed by atoms with Gasteiger partial charge in [-0.3, -0.25) is 9.59 Å². The third-order valence-electron chi connectivity index (χ3n) is 4.48. The van der Waals surface area contributed by atoms with Crippen molar-refractivity contribution in [1.82, 2.24) is 20.1 Å². The van der Waals surface area contributed by atoms with E-state index in [0.717, 1.165) is 55.2 Å². The molecule has 1 aromatic heterocycles. The lowest BCUT2D eigenvalue weighted by molar-refractivity contribution is -0.135. The van der Waals surface area contributed by atoms with Crippen LogP contribution in [0.1, 0.15) is 40.9 Å². The average molecular weight is 409 g/mol. The van der Waals surface area contributed by atoms with Gasteiger partial charge in [-0.2, -0.15) is 0 Å². The largest absolute Gasteiger partial charge is 0.336 e. The second kappa shape index (κ2) is 10.3. The summed E-state index contributed by atoms with van der Waals surface area (Å²) in [6, 6.07) is 0.158. The summed E-state index contributed by atoms with van der Waals surface area (Å²) >= 11 is 1.50. The maximum absolute atomic E-state index is 12.7. The Kier molecular flexibility index (Phi) is 9.13. The van der Waals surface area contributed by atoms with Gasteiger partial charge < -0.3 is 15.1 Å². The van der Waals surface area contributed by atoms with Crippen molar-refractivity contribution in [2.75, 3.05) is 32.7 Å². The average Bonchev–Trinajstić information content (AvgIpc) is 3.04. The van der Waals surface area contributed by atoms with E-state index in [2.05, 4.69) is 17.2 Å². The molecule has 0 saturated carbocycles. The van der Waals surface area contributed by atoms with Gasteiger partial charge in [0.2, 0.25) is 5.91 Å². The van der Waals surface area contributed by atoms with E-state index in [0.29, 0.717) is 13.1 Å². The molecule has 2 saturated heterocycles. The van der Waals surface area contributed by atoms with Gasteiger partial charge in [-0.05, 0) is 25.7 Å².